The number of rotatable bonds is 3. The molecule has 1 aliphatic carbocycles. The highest BCUT2D eigenvalue weighted by atomic mass is 16.5. The van der Waals surface area contributed by atoms with E-state index in [-0.39, 0.29) is 11.6 Å². The van der Waals surface area contributed by atoms with Crippen LogP contribution in [-0.4, -0.2) is 24.6 Å². The molecular weight excluding hydrogens is 342 g/mol. The highest BCUT2D eigenvalue weighted by molar-refractivity contribution is 6.30. The molecule has 0 radical (unpaired) electrons. The summed E-state index contributed by atoms with van der Waals surface area (Å²) in [6, 6.07) is 18.7. The number of carbonyl (C=O) groups excluding carboxylic acids is 3. The van der Waals surface area contributed by atoms with Crippen molar-refractivity contribution in [2.45, 2.75) is 0 Å². The molecule has 0 saturated carbocycles. The zero-order chi connectivity index (χ0) is 19.0. The fourth-order valence-electron chi connectivity index (χ4n) is 3.21. The van der Waals surface area contributed by atoms with Gasteiger partial charge in [0, 0.05) is 22.4 Å². The zero-order valence-electron chi connectivity index (χ0n) is 14.5. The number of hydrogen-bond acceptors (Lipinski definition) is 5. The van der Waals surface area contributed by atoms with E-state index in [9.17, 15) is 14.4 Å². The highest BCUT2D eigenvalue weighted by Crippen LogP contribution is 2.33. The number of methoxy groups -OCH3 is 1. The maximum absolute atomic E-state index is 13.0. The molecule has 0 aliphatic heterocycles. The number of anilines is 2. The lowest BCUT2D eigenvalue weighted by Gasteiger charge is -2.20. The average molecular weight is 357 g/mol. The van der Waals surface area contributed by atoms with Gasteiger partial charge in [-0.2, -0.15) is 0 Å². The lowest BCUT2D eigenvalue weighted by molar-refractivity contribution is 0.0600. The van der Waals surface area contributed by atoms with E-state index in [0.29, 0.717) is 39.2 Å². The number of benzene rings is 3. The summed E-state index contributed by atoms with van der Waals surface area (Å²) in [4.78, 5) is 37.3. The van der Waals surface area contributed by atoms with Crippen LogP contribution in [0.3, 0.4) is 0 Å². The Morgan fingerprint density at radius 1 is 0.778 bits per heavy atom. The molecular formula is C22H15NO4. The van der Waals surface area contributed by atoms with Crippen molar-refractivity contribution in [1.82, 2.24) is 0 Å². The summed E-state index contributed by atoms with van der Waals surface area (Å²) in [5.74, 6) is -0.768. The minimum Gasteiger partial charge on any atom is -0.465 e. The predicted octanol–water partition coefficient (Wildman–Crippen LogP) is 3.99. The number of fused-ring (bicyclic) bond motifs is 2. The quantitative estimate of drug-likeness (QED) is 0.561. The van der Waals surface area contributed by atoms with Gasteiger partial charge >= 0.3 is 5.97 Å². The van der Waals surface area contributed by atoms with Gasteiger partial charge in [-0.15, -0.1) is 0 Å². The summed E-state index contributed by atoms with van der Waals surface area (Å²) < 4.78 is 4.69. The van der Waals surface area contributed by atoms with Gasteiger partial charge in [0.15, 0.2) is 11.6 Å². The molecule has 1 aliphatic rings. The number of nitrogens with one attached hydrogen (secondary N) is 1. The second-order valence-corrected chi connectivity index (χ2v) is 6.13. The first-order valence-corrected chi connectivity index (χ1v) is 8.37. The molecule has 0 spiro atoms. The summed E-state index contributed by atoms with van der Waals surface area (Å²) in [6.45, 7) is 0. The van der Waals surface area contributed by atoms with Gasteiger partial charge in [0.2, 0.25) is 0 Å². The smallest absolute Gasteiger partial charge is 0.337 e. The van der Waals surface area contributed by atoms with Crippen LogP contribution in [0, 0.1) is 0 Å². The van der Waals surface area contributed by atoms with Crippen LogP contribution in [0.4, 0.5) is 11.4 Å². The minimum atomic E-state index is -0.420. The van der Waals surface area contributed by atoms with Crippen LogP contribution in [0.25, 0.3) is 0 Å². The van der Waals surface area contributed by atoms with E-state index in [1.807, 2.05) is 0 Å². The molecule has 0 unspecified atom stereocenters. The Hall–Kier alpha value is -3.73. The van der Waals surface area contributed by atoms with Crippen molar-refractivity contribution in [2.24, 2.45) is 0 Å². The van der Waals surface area contributed by atoms with Crippen molar-refractivity contribution in [3.05, 3.63) is 94.5 Å². The average Bonchev–Trinajstić information content (AvgIpc) is 2.72. The number of ether oxygens (including phenoxy) is 1. The van der Waals surface area contributed by atoms with Gasteiger partial charge in [-0.05, 0) is 30.3 Å². The molecule has 0 saturated heterocycles. The van der Waals surface area contributed by atoms with E-state index in [0.717, 1.165) is 0 Å². The van der Waals surface area contributed by atoms with E-state index in [1.165, 1.54) is 7.11 Å². The monoisotopic (exact) mass is 357 g/mol. The topological polar surface area (TPSA) is 72.5 Å². The van der Waals surface area contributed by atoms with Crippen molar-refractivity contribution in [1.29, 1.82) is 0 Å². The minimum absolute atomic E-state index is 0.162. The molecule has 5 heteroatoms. The first-order valence-electron chi connectivity index (χ1n) is 8.37. The summed E-state index contributed by atoms with van der Waals surface area (Å²) in [5.41, 5.74) is 3.24. The van der Waals surface area contributed by atoms with Gasteiger partial charge in [-0.25, -0.2) is 4.79 Å². The van der Waals surface area contributed by atoms with Gasteiger partial charge < -0.3 is 10.1 Å². The van der Waals surface area contributed by atoms with Gasteiger partial charge in [0.1, 0.15) is 0 Å². The molecule has 0 heterocycles. The van der Waals surface area contributed by atoms with Crippen LogP contribution < -0.4 is 5.32 Å². The standard InChI is InChI=1S/C22H15NO4/c1-27-22(26)13-9-11-14(12-10-13)23-18-8-4-7-17-19(18)21(25)16-6-3-2-5-15(16)20(17)24/h2-12,23H,1H3. The normalized spacial score (nSPS) is 12.2. The van der Waals surface area contributed by atoms with E-state index in [1.54, 1.807) is 66.7 Å². The molecule has 0 aromatic heterocycles. The SMILES string of the molecule is COC(=O)c1ccc(Nc2cccc3c2C(=O)c2ccccc2C3=O)cc1. The van der Waals surface area contributed by atoms with Crippen molar-refractivity contribution < 1.29 is 19.1 Å². The molecule has 3 aromatic carbocycles. The fourth-order valence-corrected chi connectivity index (χ4v) is 3.21. The molecule has 0 atom stereocenters. The Labute approximate surface area is 155 Å². The van der Waals surface area contributed by atoms with Crippen molar-refractivity contribution in [3.63, 3.8) is 0 Å². The van der Waals surface area contributed by atoms with Crippen molar-refractivity contribution >= 4 is 28.9 Å². The number of carbonyl (C=O) groups is 3. The summed E-state index contributed by atoms with van der Waals surface area (Å²) in [5, 5.41) is 3.17. The fraction of sp³-hybridized carbons (Fsp3) is 0.0455. The molecule has 132 valence electrons. The van der Waals surface area contributed by atoms with Gasteiger partial charge in [-0.3, -0.25) is 9.59 Å². The third-order valence-electron chi connectivity index (χ3n) is 4.54. The Kier molecular flexibility index (Phi) is 4.05. The molecule has 4 rings (SSSR count). The third-order valence-corrected chi connectivity index (χ3v) is 4.54. The van der Waals surface area contributed by atoms with E-state index >= 15 is 0 Å². The molecule has 0 bridgehead atoms. The van der Waals surface area contributed by atoms with E-state index in [4.69, 9.17) is 0 Å². The molecule has 0 fully saturated rings. The Bertz CT molecular complexity index is 1080. The predicted molar refractivity (Wildman–Crippen MR) is 101 cm³/mol. The molecule has 1 N–H and O–H groups in total. The Morgan fingerprint density at radius 3 is 2.07 bits per heavy atom. The molecule has 3 aromatic rings. The Morgan fingerprint density at radius 2 is 1.41 bits per heavy atom. The maximum atomic E-state index is 13.0. The van der Waals surface area contributed by atoms with Gasteiger partial charge in [0.25, 0.3) is 0 Å². The van der Waals surface area contributed by atoms with Crippen LogP contribution in [0.5, 0.6) is 0 Å². The van der Waals surface area contributed by atoms with Crippen LogP contribution >= 0.6 is 0 Å². The Balaban J connectivity index is 1.73. The van der Waals surface area contributed by atoms with Crippen LogP contribution in [0.15, 0.2) is 66.7 Å². The van der Waals surface area contributed by atoms with Gasteiger partial charge in [0.05, 0.1) is 23.9 Å². The van der Waals surface area contributed by atoms with Crippen LogP contribution in [0.2, 0.25) is 0 Å². The first-order chi connectivity index (χ1) is 13.1. The summed E-state index contributed by atoms with van der Waals surface area (Å²) >= 11 is 0. The lowest BCUT2D eigenvalue weighted by Crippen LogP contribution is -2.22. The van der Waals surface area contributed by atoms with Crippen LogP contribution in [-0.2, 0) is 4.74 Å². The van der Waals surface area contributed by atoms with Gasteiger partial charge in [-0.1, -0.05) is 36.4 Å². The zero-order valence-corrected chi connectivity index (χ0v) is 14.5. The van der Waals surface area contributed by atoms with Crippen molar-refractivity contribution in [3.8, 4) is 0 Å². The molecule has 27 heavy (non-hydrogen) atoms. The summed E-state index contributed by atoms with van der Waals surface area (Å²) in [6.07, 6.45) is 0. The second kappa shape index (κ2) is 6.53. The maximum Gasteiger partial charge on any atom is 0.337 e. The second-order valence-electron chi connectivity index (χ2n) is 6.13. The summed E-state index contributed by atoms with van der Waals surface area (Å²) in [7, 11) is 1.32. The highest BCUT2D eigenvalue weighted by Gasteiger charge is 2.31. The van der Waals surface area contributed by atoms with Crippen LogP contribution in [0.1, 0.15) is 42.2 Å². The first kappa shape index (κ1) is 16.7. The lowest BCUT2D eigenvalue weighted by atomic mass is 9.83. The molecule has 0 amide bonds. The molecule has 5 nitrogen and oxygen atoms in total. The van der Waals surface area contributed by atoms with Crippen molar-refractivity contribution in [2.75, 3.05) is 12.4 Å². The number of hydrogen-bond donors (Lipinski definition) is 1. The van der Waals surface area contributed by atoms with E-state index < -0.39 is 5.97 Å². The van der Waals surface area contributed by atoms with E-state index in [2.05, 4.69) is 10.1 Å². The number of ketones is 2. The largest absolute Gasteiger partial charge is 0.465 e. The number of esters is 1. The third kappa shape index (κ3) is 2.79.